The monoisotopic (exact) mass is 276 g/mol. The molecule has 3 heteroatoms. The Bertz CT molecular complexity index is 347. The first-order chi connectivity index (χ1) is 9.74. The van der Waals surface area contributed by atoms with E-state index in [0.717, 1.165) is 38.6 Å². The van der Waals surface area contributed by atoms with Gasteiger partial charge in [-0.25, -0.2) is 0 Å². The molecule has 0 aromatic heterocycles. The minimum atomic E-state index is 0.208. The van der Waals surface area contributed by atoms with Gasteiger partial charge in [0, 0.05) is 24.4 Å². The Morgan fingerprint density at radius 1 is 1.30 bits per heavy atom. The molecule has 1 heterocycles. The van der Waals surface area contributed by atoms with Crippen LogP contribution in [0.5, 0.6) is 0 Å². The van der Waals surface area contributed by atoms with Crippen LogP contribution in [-0.2, 0) is 4.79 Å². The molecule has 2 rings (SSSR count). The van der Waals surface area contributed by atoms with Crippen molar-refractivity contribution < 1.29 is 4.79 Å². The molecule has 3 nitrogen and oxygen atoms in total. The van der Waals surface area contributed by atoms with Crippen LogP contribution in [-0.4, -0.2) is 24.0 Å². The molecule has 1 saturated heterocycles. The van der Waals surface area contributed by atoms with Gasteiger partial charge in [-0.2, -0.15) is 0 Å². The van der Waals surface area contributed by atoms with Crippen molar-refractivity contribution in [3.8, 4) is 12.3 Å². The van der Waals surface area contributed by atoms with Crippen molar-refractivity contribution in [1.82, 2.24) is 10.6 Å². The van der Waals surface area contributed by atoms with Gasteiger partial charge in [-0.15, -0.1) is 12.3 Å². The second kappa shape index (κ2) is 7.69. The fourth-order valence-corrected chi connectivity index (χ4v) is 3.70. The fraction of sp³-hybridized carbons (Fsp3) is 0.824. The first kappa shape index (κ1) is 15.4. The second-order valence-electron chi connectivity index (χ2n) is 6.44. The molecule has 0 aromatic carbocycles. The lowest BCUT2D eigenvalue weighted by molar-refractivity contribution is -0.122. The van der Waals surface area contributed by atoms with Crippen LogP contribution in [0, 0.1) is 12.3 Å². The van der Waals surface area contributed by atoms with Crippen LogP contribution in [0.3, 0.4) is 0 Å². The van der Waals surface area contributed by atoms with E-state index in [0.29, 0.717) is 18.0 Å². The lowest BCUT2D eigenvalue weighted by Gasteiger charge is -2.44. The van der Waals surface area contributed by atoms with Gasteiger partial charge in [0.25, 0.3) is 0 Å². The number of amides is 1. The molecule has 20 heavy (non-hydrogen) atoms. The van der Waals surface area contributed by atoms with Gasteiger partial charge in [0.2, 0.25) is 5.91 Å². The smallest absolute Gasteiger partial charge is 0.220 e. The SMILES string of the molecule is C#CCCCCC(=O)NC1CCNC2(CCCCC2)C1. The molecule has 2 N–H and O–H groups in total. The number of hydrogen-bond donors (Lipinski definition) is 2. The molecule has 0 bridgehead atoms. The highest BCUT2D eigenvalue weighted by atomic mass is 16.1. The molecular weight excluding hydrogens is 248 g/mol. The molecule has 1 unspecified atom stereocenters. The number of piperidine rings is 1. The van der Waals surface area contributed by atoms with Crippen molar-refractivity contribution in [2.45, 2.75) is 82.2 Å². The summed E-state index contributed by atoms with van der Waals surface area (Å²) < 4.78 is 0. The number of carbonyl (C=O) groups excluding carboxylic acids is 1. The summed E-state index contributed by atoms with van der Waals surface area (Å²) in [6.07, 6.45) is 17.3. The zero-order valence-electron chi connectivity index (χ0n) is 12.5. The van der Waals surface area contributed by atoms with E-state index < -0.39 is 0 Å². The van der Waals surface area contributed by atoms with Crippen LogP contribution < -0.4 is 10.6 Å². The number of rotatable bonds is 5. The minimum Gasteiger partial charge on any atom is -0.353 e. The van der Waals surface area contributed by atoms with E-state index >= 15 is 0 Å². The third kappa shape index (κ3) is 4.52. The number of terminal acetylenes is 1. The van der Waals surface area contributed by atoms with E-state index in [-0.39, 0.29) is 5.91 Å². The Hall–Kier alpha value is -1.01. The Balaban J connectivity index is 1.72. The zero-order valence-corrected chi connectivity index (χ0v) is 12.5. The number of carbonyl (C=O) groups is 1. The van der Waals surface area contributed by atoms with E-state index in [4.69, 9.17) is 6.42 Å². The van der Waals surface area contributed by atoms with Crippen molar-refractivity contribution in [1.29, 1.82) is 0 Å². The van der Waals surface area contributed by atoms with E-state index in [2.05, 4.69) is 16.6 Å². The predicted molar refractivity (Wildman–Crippen MR) is 82.3 cm³/mol. The van der Waals surface area contributed by atoms with Gasteiger partial charge in [-0.05, 0) is 45.1 Å². The van der Waals surface area contributed by atoms with Crippen molar-refractivity contribution in [2.24, 2.45) is 0 Å². The minimum absolute atomic E-state index is 0.208. The van der Waals surface area contributed by atoms with Gasteiger partial charge in [0.1, 0.15) is 0 Å². The number of unbranched alkanes of at least 4 members (excludes halogenated alkanes) is 2. The molecule has 1 atom stereocenters. The quantitative estimate of drug-likeness (QED) is 0.599. The van der Waals surface area contributed by atoms with Crippen LogP contribution in [0.1, 0.15) is 70.6 Å². The Morgan fingerprint density at radius 2 is 2.10 bits per heavy atom. The van der Waals surface area contributed by atoms with Gasteiger partial charge in [-0.1, -0.05) is 19.3 Å². The number of nitrogens with one attached hydrogen (secondary N) is 2. The third-order valence-electron chi connectivity index (χ3n) is 4.78. The van der Waals surface area contributed by atoms with Crippen LogP contribution in [0.2, 0.25) is 0 Å². The largest absolute Gasteiger partial charge is 0.353 e. The van der Waals surface area contributed by atoms with Crippen LogP contribution >= 0.6 is 0 Å². The Kier molecular flexibility index (Phi) is 5.91. The number of hydrogen-bond acceptors (Lipinski definition) is 2. The van der Waals surface area contributed by atoms with Crippen LogP contribution in [0.15, 0.2) is 0 Å². The Labute approximate surface area is 123 Å². The summed E-state index contributed by atoms with van der Waals surface area (Å²) in [5.74, 6) is 2.83. The Morgan fingerprint density at radius 3 is 2.85 bits per heavy atom. The highest BCUT2D eigenvalue weighted by Crippen LogP contribution is 2.34. The second-order valence-corrected chi connectivity index (χ2v) is 6.44. The van der Waals surface area contributed by atoms with E-state index in [1.165, 1.54) is 32.1 Å². The predicted octanol–water partition coefficient (Wildman–Crippen LogP) is 2.75. The van der Waals surface area contributed by atoms with Gasteiger partial charge in [0.15, 0.2) is 0 Å². The normalized spacial score (nSPS) is 25.1. The van der Waals surface area contributed by atoms with Gasteiger partial charge in [0.05, 0.1) is 0 Å². The van der Waals surface area contributed by atoms with Gasteiger partial charge >= 0.3 is 0 Å². The molecule has 1 saturated carbocycles. The van der Waals surface area contributed by atoms with Crippen molar-refractivity contribution in [3.63, 3.8) is 0 Å². The summed E-state index contributed by atoms with van der Waals surface area (Å²) in [6, 6.07) is 0.370. The average Bonchev–Trinajstić information content (AvgIpc) is 2.44. The van der Waals surface area contributed by atoms with Crippen molar-refractivity contribution in [2.75, 3.05) is 6.54 Å². The maximum Gasteiger partial charge on any atom is 0.220 e. The first-order valence-electron chi connectivity index (χ1n) is 8.22. The standard InChI is InChI=1S/C17H28N2O/c1-2-3-4-6-9-16(20)19-15-10-13-18-17(14-15)11-7-5-8-12-17/h1,15,18H,3-14H2,(H,19,20). The van der Waals surface area contributed by atoms with Gasteiger partial charge < -0.3 is 10.6 Å². The maximum absolute atomic E-state index is 12.0. The van der Waals surface area contributed by atoms with Crippen LogP contribution in [0.4, 0.5) is 0 Å². The van der Waals surface area contributed by atoms with E-state index in [1.807, 2.05) is 0 Å². The lowest BCUT2D eigenvalue weighted by Crippen LogP contribution is -2.57. The topological polar surface area (TPSA) is 41.1 Å². The molecule has 112 valence electrons. The summed E-state index contributed by atoms with van der Waals surface area (Å²) in [4.78, 5) is 12.0. The molecule has 0 radical (unpaired) electrons. The molecule has 1 aliphatic heterocycles. The molecule has 2 aliphatic rings. The molecule has 1 aliphatic carbocycles. The lowest BCUT2D eigenvalue weighted by atomic mass is 9.75. The van der Waals surface area contributed by atoms with Gasteiger partial charge in [-0.3, -0.25) is 4.79 Å². The third-order valence-corrected chi connectivity index (χ3v) is 4.78. The molecule has 0 aromatic rings. The van der Waals surface area contributed by atoms with Crippen molar-refractivity contribution >= 4 is 5.91 Å². The molecule has 2 fully saturated rings. The van der Waals surface area contributed by atoms with E-state index in [9.17, 15) is 4.79 Å². The molecule has 1 spiro atoms. The molecular formula is C17H28N2O. The highest BCUT2D eigenvalue weighted by molar-refractivity contribution is 5.76. The summed E-state index contributed by atoms with van der Waals surface area (Å²) >= 11 is 0. The summed E-state index contributed by atoms with van der Waals surface area (Å²) in [6.45, 7) is 1.04. The summed E-state index contributed by atoms with van der Waals surface area (Å²) in [7, 11) is 0. The maximum atomic E-state index is 12.0. The summed E-state index contributed by atoms with van der Waals surface area (Å²) in [5, 5.41) is 6.96. The highest BCUT2D eigenvalue weighted by Gasteiger charge is 2.37. The summed E-state index contributed by atoms with van der Waals surface area (Å²) in [5.41, 5.74) is 0.317. The molecule has 1 amide bonds. The average molecular weight is 276 g/mol. The van der Waals surface area contributed by atoms with E-state index in [1.54, 1.807) is 0 Å². The van der Waals surface area contributed by atoms with Crippen LogP contribution in [0.25, 0.3) is 0 Å². The van der Waals surface area contributed by atoms with Crippen molar-refractivity contribution in [3.05, 3.63) is 0 Å². The zero-order chi connectivity index (χ0) is 14.3. The fourth-order valence-electron chi connectivity index (χ4n) is 3.70. The first-order valence-corrected chi connectivity index (χ1v) is 8.22.